The Hall–Kier alpha value is -0.930. The van der Waals surface area contributed by atoms with Crippen molar-refractivity contribution in [3.63, 3.8) is 0 Å². The molecule has 2 rings (SSSR count). The summed E-state index contributed by atoms with van der Waals surface area (Å²) in [5.41, 5.74) is 0.969. The van der Waals surface area contributed by atoms with Crippen LogP contribution in [0.25, 0.3) is 0 Å². The summed E-state index contributed by atoms with van der Waals surface area (Å²) < 4.78 is 13.6. The Labute approximate surface area is 103 Å². The molecule has 1 N–H and O–H groups in total. The van der Waals surface area contributed by atoms with E-state index in [4.69, 9.17) is 0 Å². The van der Waals surface area contributed by atoms with Crippen LogP contribution >= 0.6 is 0 Å². The molecule has 0 radical (unpaired) electrons. The second-order valence-corrected chi connectivity index (χ2v) is 5.14. The van der Waals surface area contributed by atoms with Gasteiger partial charge in [0.05, 0.1) is 0 Å². The molecule has 0 spiro atoms. The summed E-state index contributed by atoms with van der Waals surface area (Å²) in [6.45, 7) is 8.10. The molecule has 1 aliphatic rings. The zero-order valence-electron chi connectivity index (χ0n) is 10.7. The molecule has 94 valence electrons. The molecule has 0 aromatic heterocycles. The number of rotatable bonds is 3. The fraction of sp³-hybridized carbons (Fsp3) is 0.571. The number of benzene rings is 1. The molecule has 17 heavy (non-hydrogen) atoms. The molecular formula is C14H21FN2. The van der Waals surface area contributed by atoms with Gasteiger partial charge in [-0.05, 0) is 19.4 Å². The first-order chi connectivity index (χ1) is 8.13. The third-order valence-corrected chi connectivity index (χ3v) is 3.68. The topological polar surface area (TPSA) is 15.3 Å². The van der Waals surface area contributed by atoms with Crippen molar-refractivity contribution in [2.24, 2.45) is 0 Å². The van der Waals surface area contributed by atoms with E-state index in [0.29, 0.717) is 6.54 Å². The first-order valence-electron chi connectivity index (χ1n) is 6.34. The second kappa shape index (κ2) is 5.15. The molecule has 1 atom stereocenters. The summed E-state index contributed by atoms with van der Waals surface area (Å²) in [4.78, 5) is 2.33. The fourth-order valence-corrected chi connectivity index (χ4v) is 2.38. The fourth-order valence-electron chi connectivity index (χ4n) is 2.38. The molecule has 0 amide bonds. The Morgan fingerprint density at radius 2 is 2.18 bits per heavy atom. The van der Waals surface area contributed by atoms with Gasteiger partial charge in [0.1, 0.15) is 5.82 Å². The van der Waals surface area contributed by atoms with Crippen LogP contribution in [-0.4, -0.2) is 30.1 Å². The molecule has 1 saturated heterocycles. The summed E-state index contributed by atoms with van der Waals surface area (Å²) in [7, 11) is 0. The van der Waals surface area contributed by atoms with Gasteiger partial charge in [-0.2, -0.15) is 0 Å². The van der Waals surface area contributed by atoms with Crippen molar-refractivity contribution >= 4 is 0 Å². The Kier molecular flexibility index (Phi) is 3.79. The van der Waals surface area contributed by atoms with Crippen molar-refractivity contribution in [2.75, 3.05) is 19.6 Å². The maximum Gasteiger partial charge on any atom is 0.127 e. The van der Waals surface area contributed by atoms with Crippen LogP contribution < -0.4 is 5.32 Å². The van der Waals surface area contributed by atoms with E-state index in [2.05, 4.69) is 24.1 Å². The van der Waals surface area contributed by atoms with Crippen LogP contribution in [0.4, 0.5) is 4.39 Å². The van der Waals surface area contributed by atoms with Crippen molar-refractivity contribution in [3.8, 4) is 0 Å². The van der Waals surface area contributed by atoms with E-state index < -0.39 is 0 Å². The number of hydrogen-bond acceptors (Lipinski definition) is 2. The van der Waals surface area contributed by atoms with Gasteiger partial charge in [0, 0.05) is 37.3 Å². The van der Waals surface area contributed by atoms with Gasteiger partial charge in [-0.25, -0.2) is 4.39 Å². The smallest absolute Gasteiger partial charge is 0.127 e. The van der Waals surface area contributed by atoms with Gasteiger partial charge in [-0.3, -0.25) is 4.90 Å². The summed E-state index contributed by atoms with van der Waals surface area (Å²) in [6, 6.07) is 7.06. The van der Waals surface area contributed by atoms with Crippen LogP contribution in [0.15, 0.2) is 24.3 Å². The third kappa shape index (κ3) is 3.05. The SMILES string of the molecule is CCC1(C)CN(Cc2ccccc2F)CCN1. The second-order valence-electron chi connectivity index (χ2n) is 5.14. The summed E-state index contributed by atoms with van der Waals surface area (Å²) in [6.07, 6.45) is 1.10. The van der Waals surface area contributed by atoms with E-state index in [1.54, 1.807) is 6.07 Å². The van der Waals surface area contributed by atoms with Crippen molar-refractivity contribution in [1.29, 1.82) is 0 Å². The highest BCUT2D eigenvalue weighted by atomic mass is 19.1. The van der Waals surface area contributed by atoms with Crippen LogP contribution in [0, 0.1) is 5.82 Å². The Morgan fingerprint density at radius 1 is 1.41 bits per heavy atom. The van der Waals surface area contributed by atoms with Gasteiger partial charge < -0.3 is 5.32 Å². The lowest BCUT2D eigenvalue weighted by Gasteiger charge is -2.41. The van der Waals surface area contributed by atoms with Crippen molar-refractivity contribution in [2.45, 2.75) is 32.4 Å². The van der Waals surface area contributed by atoms with Gasteiger partial charge in [0.2, 0.25) is 0 Å². The number of hydrogen-bond donors (Lipinski definition) is 1. The molecule has 0 bridgehead atoms. The molecule has 1 fully saturated rings. The average Bonchev–Trinajstić information content (AvgIpc) is 2.32. The van der Waals surface area contributed by atoms with Gasteiger partial charge >= 0.3 is 0 Å². The number of nitrogens with zero attached hydrogens (tertiary/aromatic N) is 1. The van der Waals surface area contributed by atoms with Crippen LogP contribution in [-0.2, 0) is 6.54 Å². The van der Waals surface area contributed by atoms with E-state index in [9.17, 15) is 4.39 Å². The summed E-state index contributed by atoms with van der Waals surface area (Å²) in [5, 5.41) is 3.54. The Morgan fingerprint density at radius 3 is 2.88 bits per heavy atom. The van der Waals surface area contributed by atoms with Crippen molar-refractivity contribution < 1.29 is 4.39 Å². The van der Waals surface area contributed by atoms with E-state index in [1.165, 1.54) is 6.07 Å². The average molecular weight is 236 g/mol. The van der Waals surface area contributed by atoms with Gasteiger partial charge in [-0.15, -0.1) is 0 Å². The number of halogens is 1. The minimum absolute atomic E-state index is 0.0933. The van der Waals surface area contributed by atoms with E-state index in [1.807, 2.05) is 12.1 Å². The predicted molar refractivity (Wildman–Crippen MR) is 68.4 cm³/mol. The Bertz CT molecular complexity index is 380. The highest BCUT2D eigenvalue weighted by Crippen LogP contribution is 2.18. The Balaban J connectivity index is 2.02. The first kappa shape index (κ1) is 12.5. The zero-order chi connectivity index (χ0) is 12.3. The van der Waals surface area contributed by atoms with E-state index in [-0.39, 0.29) is 11.4 Å². The van der Waals surface area contributed by atoms with Gasteiger partial charge in [0.15, 0.2) is 0 Å². The van der Waals surface area contributed by atoms with Crippen LogP contribution in [0.3, 0.4) is 0 Å². The van der Waals surface area contributed by atoms with Crippen molar-refractivity contribution in [3.05, 3.63) is 35.6 Å². The lowest BCUT2D eigenvalue weighted by atomic mass is 9.95. The highest BCUT2D eigenvalue weighted by molar-refractivity contribution is 5.17. The van der Waals surface area contributed by atoms with Crippen molar-refractivity contribution in [1.82, 2.24) is 10.2 Å². The maximum absolute atomic E-state index is 13.6. The molecule has 0 saturated carbocycles. The van der Waals surface area contributed by atoms with Gasteiger partial charge in [-0.1, -0.05) is 25.1 Å². The first-order valence-corrected chi connectivity index (χ1v) is 6.34. The largest absolute Gasteiger partial charge is 0.309 e. The minimum atomic E-state index is -0.0933. The molecule has 1 aromatic rings. The molecule has 1 aromatic carbocycles. The number of piperazine rings is 1. The minimum Gasteiger partial charge on any atom is -0.309 e. The quantitative estimate of drug-likeness (QED) is 0.867. The van der Waals surface area contributed by atoms with E-state index >= 15 is 0 Å². The molecule has 1 heterocycles. The normalized spacial score (nSPS) is 26.1. The predicted octanol–water partition coefficient (Wildman–Crippen LogP) is 2.40. The molecule has 3 heteroatoms. The van der Waals surface area contributed by atoms with Crippen LogP contribution in [0.1, 0.15) is 25.8 Å². The highest BCUT2D eigenvalue weighted by Gasteiger charge is 2.28. The molecule has 0 aliphatic carbocycles. The summed E-state index contributed by atoms with van der Waals surface area (Å²) in [5.74, 6) is -0.0933. The van der Waals surface area contributed by atoms with Gasteiger partial charge in [0.25, 0.3) is 0 Å². The standard InChI is InChI=1S/C14H21FN2/c1-3-14(2)11-17(9-8-16-14)10-12-6-4-5-7-13(12)15/h4-7,16H,3,8-11H2,1-2H3. The molecule has 1 aliphatic heterocycles. The molecule has 2 nitrogen and oxygen atoms in total. The van der Waals surface area contributed by atoms with Crippen LogP contribution in [0.5, 0.6) is 0 Å². The zero-order valence-corrected chi connectivity index (χ0v) is 10.7. The van der Waals surface area contributed by atoms with Crippen LogP contribution in [0.2, 0.25) is 0 Å². The lowest BCUT2D eigenvalue weighted by molar-refractivity contribution is 0.132. The number of nitrogens with one attached hydrogen (secondary N) is 1. The molecule has 1 unspecified atom stereocenters. The third-order valence-electron chi connectivity index (χ3n) is 3.68. The lowest BCUT2D eigenvalue weighted by Crippen LogP contribution is -2.58. The van der Waals surface area contributed by atoms with E-state index in [0.717, 1.165) is 31.6 Å². The maximum atomic E-state index is 13.6. The molecular weight excluding hydrogens is 215 g/mol. The summed E-state index contributed by atoms with van der Waals surface area (Å²) >= 11 is 0. The monoisotopic (exact) mass is 236 g/mol.